The van der Waals surface area contributed by atoms with Crippen molar-refractivity contribution in [3.05, 3.63) is 24.0 Å². The summed E-state index contributed by atoms with van der Waals surface area (Å²) in [5.41, 5.74) is -1.19. The molecule has 0 saturated heterocycles. The van der Waals surface area contributed by atoms with Crippen LogP contribution in [0.1, 0.15) is 20.3 Å². The van der Waals surface area contributed by atoms with E-state index in [2.05, 4.69) is 4.72 Å². The first-order chi connectivity index (χ1) is 9.07. The van der Waals surface area contributed by atoms with Gasteiger partial charge in [0.15, 0.2) is 11.6 Å². The number of ether oxygens (including phenoxy) is 1. The molecule has 1 aromatic carbocycles. The van der Waals surface area contributed by atoms with Crippen molar-refractivity contribution in [3.63, 3.8) is 0 Å². The molecular formula is C12H16FNO5S. The number of carbonyl (C=O) groups is 1. The second-order valence-corrected chi connectivity index (χ2v) is 6.54. The Labute approximate surface area is 116 Å². The summed E-state index contributed by atoms with van der Waals surface area (Å²) in [5.74, 6) is -2.03. The highest BCUT2D eigenvalue weighted by atomic mass is 32.2. The molecule has 0 fully saturated rings. The van der Waals surface area contributed by atoms with Crippen molar-refractivity contribution in [1.29, 1.82) is 0 Å². The van der Waals surface area contributed by atoms with E-state index >= 15 is 0 Å². The van der Waals surface area contributed by atoms with Crippen molar-refractivity contribution in [2.75, 3.05) is 7.11 Å². The molecule has 1 aromatic rings. The Morgan fingerprint density at radius 3 is 2.50 bits per heavy atom. The second-order valence-electron chi connectivity index (χ2n) is 4.86. The first-order valence-electron chi connectivity index (χ1n) is 5.67. The highest BCUT2D eigenvalue weighted by molar-refractivity contribution is 7.89. The molecular weight excluding hydrogens is 289 g/mol. The lowest BCUT2D eigenvalue weighted by Crippen LogP contribution is -2.44. The topological polar surface area (TPSA) is 92.7 Å². The molecule has 8 heteroatoms. The predicted molar refractivity (Wildman–Crippen MR) is 69.6 cm³/mol. The standard InChI is InChI=1S/C12H16FNO5S/c1-12(2,7-11(15)16)14-20(17,18)8-4-5-10(19-3)9(13)6-8/h4-6,14H,7H2,1-3H3,(H,15,16). The number of hydrogen-bond acceptors (Lipinski definition) is 4. The lowest BCUT2D eigenvalue weighted by Gasteiger charge is -2.24. The number of halogens is 1. The minimum atomic E-state index is -4.02. The summed E-state index contributed by atoms with van der Waals surface area (Å²) in [5, 5.41) is 8.72. The third-order valence-electron chi connectivity index (χ3n) is 2.44. The van der Waals surface area contributed by atoms with Crippen molar-refractivity contribution >= 4 is 16.0 Å². The van der Waals surface area contributed by atoms with Gasteiger partial charge in [-0.05, 0) is 32.0 Å². The maximum atomic E-state index is 13.5. The Bertz CT molecular complexity index is 612. The normalized spacial score (nSPS) is 12.2. The van der Waals surface area contributed by atoms with Crippen LogP contribution in [-0.2, 0) is 14.8 Å². The number of benzene rings is 1. The summed E-state index contributed by atoms with van der Waals surface area (Å²) in [4.78, 5) is 10.4. The fraction of sp³-hybridized carbons (Fsp3) is 0.417. The van der Waals surface area contributed by atoms with Crippen LogP contribution in [0.5, 0.6) is 5.75 Å². The minimum absolute atomic E-state index is 0.0752. The number of nitrogens with one attached hydrogen (secondary N) is 1. The van der Waals surface area contributed by atoms with E-state index in [1.54, 1.807) is 0 Å². The highest BCUT2D eigenvalue weighted by Gasteiger charge is 2.29. The largest absolute Gasteiger partial charge is 0.494 e. The molecule has 0 atom stereocenters. The lowest BCUT2D eigenvalue weighted by molar-refractivity contribution is -0.138. The maximum absolute atomic E-state index is 13.5. The monoisotopic (exact) mass is 305 g/mol. The Hall–Kier alpha value is -1.67. The smallest absolute Gasteiger partial charge is 0.305 e. The van der Waals surface area contributed by atoms with E-state index in [1.165, 1.54) is 33.1 Å². The van der Waals surface area contributed by atoms with E-state index < -0.39 is 33.8 Å². The summed E-state index contributed by atoms with van der Waals surface area (Å²) in [6.07, 6.45) is -0.398. The van der Waals surface area contributed by atoms with Crippen LogP contribution in [0.25, 0.3) is 0 Å². The number of sulfonamides is 1. The van der Waals surface area contributed by atoms with Crippen LogP contribution in [0.3, 0.4) is 0 Å². The maximum Gasteiger partial charge on any atom is 0.305 e. The van der Waals surface area contributed by atoms with Gasteiger partial charge in [0.1, 0.15) is 0 Å². The fourth-order valence-corrected chi connectivity index (χ4v) is 3.07. The summed E-state index contributed by atoms with van der Waals surface area (Å²) in [6, 6.07) is 3.19. The third kappa shape index (κ3) is 4.17. The Morgan fingerprint density at radius 1 is 1.45 bits per heavy atom. The van der Waals surface area contributed by atoms with Gasteiger partial charge in [-0.2, -0.15) is 0 Å². The molecule has 0 heterocycles. The molecule has 112 valence electrons. The van der Waals surface area contributed by atoms with E-state index in [4.69, 9.17) is 9.84 Å². The van der Waals surface area contributed by atoms with Crippen molar-refractivity contribution in [2.45, 2.75) is 30.7 Å². The van der Waals surface area contributed by atoms with E-state index in [1.807, 2.05) is 0 Å². The van der Waals surface area contributed by atoms with Crippen LogP contribution < -0.4 is 9.46 Å². The van der Waals surface area contributed by atoms with Gasteiger partial charge < -0.3 is 9.84 Å². The van der Waals surface area contributed by atoms with Crippen LogP contribution in [-0.4, -0.2) is 32.1 Å². The molecule has 0 bridgehead atoms. The van der Waals surface area contributed by atoms with Crippen molar-refractivity contribution in [3.8, 4) is 5.75 Å². The Balaban J connectivity index is 3.05. The zero-order valence-electron chi connectivity index (χ0n) is 11.3. The van der Waals surface area contributed by atoms with Gasteiger partial charge >= 0.3 is 5.97 Å². The van der Waals surface area contributed by atoms with E-state index in [9.17, 15) is 17.6 Å². The van der Waals surface area contributed by atoms with E-state index in [0.717, 1.165) is 6.07 Å². The first-order valence-corrected chi connectivity index (χ1v) is 7.15. The minimum Gasteiger partial charge on any atom is -0.494 e. The van der Waals surface area contributed by atoms with Gasteiger partial charge in [-0.3, -0.25) is 4.79 Å². The molecule has 0 spiro atoms. The molecule has 6 nitrogen and oxygen atoms in total. The molecule has 0 radical (unpaired) electrons. The molecule has 1 rings (SSSR count). The van der Waals surface area contributed by atoms with Crippen molar-refractivity contribution in [1.82, 2.24) is 4.72 Å². The molecule has 0 saturated carbocycles. The fourth-order valence-electron chi connectivity index (χ4n) is 1.65. The average Bonchev–Trinajstić information content (AvgIpc) is 2.25. The molecule has 0 aliphatic rings. The highest BCUT2D eigenvalue weighted by Crippen LogP contribution is 2.22. The molecule has 20 heavy (non-hydrogen) atoms. The van der Waals surface area contributed by atoms with Crippen molar-refractivity contribution < 1.29 is 27.4 Å². The molecule has 0 amide bonds. The van der Waals surface area contributed by atoms with Crippen LogP contribution >= 0.6 is 0 Å². The summed E-state index contributed by atoms with van der Waals surface area (Å²) >= 11 is 0. The van der Waals surface area contributed by atoms with Gasteiger partial charge in [-0.25, -0.2) is 17.5 Å². The van der Waals surface area contributed by atoms with Gasteiger partial charge in [0.25, 0.3) is 0 Å². The molecule has 0 unspecified atom stereocenters. The van der Waals surface area contributed by atoms with Crippen molar-refractivity contribution in [2.24, 2.45) is 0 Å². The van der Waals surface area contributed by atoms with Crippen LogP contribution in [0.15, 0.2) is 23.1 Å². The Kier molecular flexibility index (Phi) is 4.72. The van der Waals surface area contributed by atoms with E-state index in [-0.39, 0.29) is 10.6 Å². The number of carboxylic acid groups (broad SMARTS) is 1. The first kappa shape index (κ1) is 16.4. The predicted octanol–water partition coefficient (Wildman–Crippen LogP) is 1.37. The number of aliphatic carboxylic acids is 1. The summed E-state index contributed by atoms with van der Waals surface area (Å²) < 4.78 is 44.6. The van der Waals surface area contributed by atoms with Gasteiger partial charge in [-0.15, -0.1) is 0 Å². The third-order valence-corrected chi connectivity index (χ3v) is 4.13. The molecule has 2 N–H and O–H groups in total. The van der Waals surface area contributed by atoms with Gasteiger partial charge in [-0.1, -0.05) is 0 Å². The Morgan fingerprint density at radius 2 is 2.05 bits per heavy atom. The van der Waals surface area contributed by atoms with Crippen LogP contribution in [0.2, 0.25) is 0 Å². The second kappa shape index (κ2) is 5.76. The van der Waals surface area contributed by atoms with Gasteiger partial charge in [0, 0.05) is 5.54 Å². The summed E-state index contributed by atoms with van der Waals surface area (Å²) in [7, 11) is -2.76. The van der Waals surface area contributed by atoms with Gasteiger partial charge in [0.05, 0.1) is 18.4 Å². The quantitative estimate of drug-likeness (QED) is 0.828. The number of carboxylic acids is 1. The number of rotatable bonds is 6. The van der Waals surface area contributed by atoms with Gasteiger partial charge in [0.2, 0.25) is 10.0 Å². The molecule has 0 aliphatic carbocycles. The number of hydrogen-bond donors (Lipinski definition) is 2. The molecule has 0 aliphatic heterocycles. The SMILES string of the molecule is COc1ccc(S(=O)(=O)NC(C)(C)CC(=O)O)cc1F. The lowest BCUT2D eigenvalue weighted by atomic mass is 10.0. The molecule has 0 aromatic heterocycles. The van der Waals surface area contributed by atoms with E-state index in [0.29, 0.717) is 0 Å². The van der Waals surface area contributed by atoms with Crippen LogP contribution in [0, 0.1) is 5.82 Å². The average molecular weight is 305 g/mol. The zero-order chi connectivity index (χ0) is 15.6. The summed E-state index contributed by atoms with van der Waals surface area (Å²) in [6.45, 7) is 2.86. The van der Waals surface area contributed by atoms with Crippen LogP contribution in [0.4, 0.5) is 4.39 Å². The zero-order valence-corrected chi connectivity index (χ0v) is 12.1. The number of methoxy groups -OCH3 is 1.